The third-order valence-corrected chi connectivity index (χ3v) is 3.61. The van der Waals surface area contributed by atoms with Crippen molar-refractivity contribution in [3.8, 4) is 0 Å². The summed E-state index contributed by atoms with van der Waals surface area (Å²) in [4.78, 5) is 27.1. The summed E-state index contributed by atoms with van der Waals surface area (Å²) in [5.41, 5.74) is 0.644. The number of carboxylic acids is 1. The fraction of sp³-hybridized carbons (Fsp3) is 0.529. The minimum absolute atomic E-state index is 0.274. The summed E-state index contributed by atoms with van der Waals surface area (Å²) in [7, 11) is 0. The molecule has 1 saturated heterocycles. The maximum atomic E-state index is 12.2. The zero-order chi connectivity index (χ0) is 17.0. The van der Waals surface area contributed by atoms with E-state index >= 15 is 0 Å². The van der Waals surface area contributed by atoms with Gasteiger partial charge in [-0.25, -0.2) is 9.59 Å². The number of carbonyl (C=O) groups excluding carboxylic acids is 1. The molecule has 0 spiro atoms. The van der Waals surface area contributed by atoms with E-state index in [0.29, 0.717) is 19.6 Å². The van der Waals surface area contributed by atoms with E-state index in [2.05, 4.69) is 4.90 Å². The Hall–Kier alpha value is -2.24. The molecule has 0 aromatic heterocycles. The van der Waals surface area contributed by atoms with Crippen LogP contribution in [0.3, 0.4) is 0 Å². The zero-order valence-corrected chi connectivity index (χ0v) is 13.9. The van der Waals surface area contributed by atoms with Gasteiger partial charge in [0.15, 0.2) is 0 Å². The number of carboxylic acid groups (broad SMARTS) is 1. The fourth-order valence-electron chi connectivity index (χ4n) is 2.52. The summed E-state index contributed by atoms with van der Waals surface area (Å²) in [6.45, 7) is 8.20. The smallest absolute Gasteiger partial charge is 0.410 e. The summed E-state index contributed by atoms with van der Waals surface area (Å²) >= 11 is 0. The van der Waals surface area contributed by atoms with Gasteiger partial charge in [-0.3, -0.25) is 0 Å². The molecule has 1 N–H and O–H groups in total. The van der Waals surface area contributed by atoms with Crippen molar-refractivity contribution in [1.82, 2.24) is 4.90 Å². The number of benzene rings is 1. The van der Waals surface area contributed by atoms with Gasteiger partial charge in [-0.05, 0) is 45.4 Å². The monoisotopic (exact) mass is 320 g/mol. The van der Waals surface area contributed by atoms with Crippen molar-refractivity contribution in [3.63, 3.8) is 0 Å². The molecule has 1 fully saturated rings. The number of aromatic carboxylic acids is 1. The number of hydrogen-bond donors (Lipinski definition) is 1. The van der Waals surface area contributed by atoms with Gasteiger partial charge in [0, 0.05) is 31.9 Å². The molecule has 1 aromatic carbocycles. The lowest BCUT2D eigenvalue weighted by atomic mass is 10.2. The molecule has 6 nitrogen and oxygen atoms in total. The molecule has 0 atom stereocenters. The van der Waals surface area contributed by atoms with Crippen molar-refractivity contribution in [2.24, 2.45) is 0 Å². The topological polar surface area (TPSA) is 70.1 Å². The van der Waals surface area contributed by atoms with Crippen molar-refractivity contribution >= 4 is 17.7 Å². The van der Waals surface area contributed by atoms with Gasteiger partial charge in [0.25, 0.3) is 0 Å². The van der Waals surface area contributed by atoms with Gasteiger partial charge in [-0.15, -0.1) is 0 Å². The molecule has 2 rings (SSSR count). The Morgan fingerprint density at radius 2 is 1.87 bits per heavy atom. The average Bonchev–Trinajstić information content (AvgIpc) is 2.71. The Labute approximate surface area is 136 Å². The molecule has 1 aliphatic rings. The van der Waals surface area contributed by atoms with Gasteiger partial charge < -0.3 is 19.6 Å². The predicted octanol–water partition coefficient (Wildman–Crippen LogP) is 2.83. The maximum Gasteiger partial charge on any atom is 0.410 e. The fourth-order valence-corrected chi connectivity index (χ4v) is 2.52. The number of anilines is 1. The lowest BCUT2D eigenvalue weighted by Gasteiger charge is -2.27. The van der Waals surface area contributed by atoms with E-state index < -0.39 is 11.6 Å². The lowest BCUT2D eigenvalue weighted by molar-refractivity contribution is 0.0263. The van der Waals surface area contributed by atoms with E-state index in [1.807, 2.05) is 26.8 Å². The molecular weight excluding hydrogens is 296 g/mol. The average molecular weight is 320 g/mol. The number of ether oxygens (including phenoxy) is 1. The number of carbonyl (C=O) groups is 2. The number of rotatable bonds is 2. The first-order valence-corrected chi connectivity index (χ1v) is 7.82. The van der Waals surface area contributed by atoms with Crippen LogP contribution in [0, 0.1) is 0 Å². The van der Waals surface area contributed by atoms with Gasteiger partial charge in [0.2, 0.25) is 0 Å². The summed E-state index contributed by atoms with van der Waals surface area (Å²) in [5, 5.41) is 9.10. The van der Waals surface area contributed by atoms with Crippen LogP contribution < -0.4 is 4.90 Å². The van der Waals surface area contributed by atoms with Crippen LogP contribution in [0.4, 0.5) is 10.5 Å². The van der Waals surface area contributed by atoms with Gasteiger partial charge in [-0.2, -0.15) is 0 Å². The molecule has 6 heteroatoms. The zero-order valence-electron chi connectivity index (χ0n) is 13.9. The largest absolute Gasteiger partial charge is 0.478 e. The molecular formula is C17H24N2O4. The molecule has 0 aliphatic carbocycles. The normalized spacial score (nSPS) is 16.0. The second kappa shape index (κ2) is 6.89. The molecule has 126 valence electrons. The Morgan fingerprint density at radius 3 is 2.52 bits per heavy atom. The highest BCUT2D eigenvalue weighted by Crippen LogP contribution is 2.19. The first kappa shape index (κ1) is 17.1. The van der Waals surface area contributed by atoms with Gasteiger partial charge in [0.05, 0.1) is 5.56 Å². The third kappa shape index (κ3) is 4.87. The molecule has 0 bridgehead atoms. The summed E-state index contributed by atoms with van der Waals surface area (Å²) < 4.78 is 5.42. The first-order chi connectivity index (χ1) is 10.8. The van der Waals surface area contributed by atoms with E-state index in [1.54, 1.807) is 23.1 Å². The standard InChI is InChI=1S/C17H24N2O4/c1-17(2,3)23-16(22)19-9-5-8-18(10-11-19)14-7-4-6-13(12-14)15(20)21/h4,6-7,12H,5,8-11H2,1-3H3,(H,20,21). The van der Waals surface area contributed by atoms with E-state index in [4.69, 9.17) is 9.84 Å². The quantitative estimate of drug-likeness (QED) is 0.907. The van der Waals surface area contributed by atoms with Crippen LogP contribution in [0.1, 0.15) is 37.6 Å². The Morgan fingerprint density at radius 1 is 1.13 bits per heavy atom. The van der Waals surface area contributed by atoms with Crippen LogP contribution in [-0.4, -0.2) is 53.8 Å². The van der Waals surface area contributed by atoms with Crippen molar-refractivity contribution < 1.29 is 19.4 Å². The van der Waals surface area contributed by atoms with Crippen LogP contribution in [-0.2, 0) is 4.74 Å². The molecule has 23 heavy (non-hydrogen) atoms. The number of hydrogen-bond acceptors (Lipinski definition) is 4. The van der Waals surface area contributed by atoms with E-state index in [-0.39, 0.29) is 11.7 Å². The number of amides is 1. The van der Waals surface area contributed by atoms with Crippen LogP contribution >= 0.6 is 0 Å². The molecule has 1 aromatic rings. The van der Waals surface area contributed by atoms with Crippen molar-refractivity contribution in [3.05, 3.63) is 29.8 Å². The van der Waals surface area contributed by atoms with Gasteiger partial charge >= 0.3 is 12.1 Å². The molecule has 1 aliphatic heterocycles. The highest BCUT2D eigenvalue weighted by Gasteiger charge is 2.24. The van der Waals surface area contributed by atoms with Crippen LogP contribution in [0.15, 0.2) is 24.3 Å². The predicted molar refractivity (Wildman–Crippen MR) is 88.0 cm³/mol. The number of nitrogens with zero attached hydrogens (tertiary/aromatic N) is 2. The van der Waals surface area contributed by atoms with Crippen molar-refractivity contribution in [2.75, 3.05) is 31.1 Å². The summed E-state index contributed by atoms with van der Waals surface area (Å²) in [6.07, 6.45) is 0.523. The second-order valence-corrected chi connectivity index (χ2v) is 6.66. The highest BCUT2D eigenvalue weighted by molar-refractivity contribution is 5.88. The third-order valence-electron chi connectivity index (χ3n) is 3.61. The Kier molecular flexibility index (Phi) is 5.13. The SMILES string of the molecule is CC(C)(C)OC(=O)N1CCCN(c2cccc(C(=O)O)c2)CC1. The van der Waals surface area contributed by atoms with Gasteiger partial charge in [-0.1, -0.05) is 6.07 Å². The minimum atomic E-state index is -0.933. The first-order valence-electron chi connectivity index (χ1n) is 7.82. The molecule has 0 radical (unpaired) electrons. The van der Waals surface area contributed by atoms with Crippen LogP contribution in [0.5, 0.6) is 0 Å². The Bertz CT molecular complexity index is 580. The van der Waals surface area contributed by atoms with E-state index in [0.717, 1.165) is 18.7 Å². The summed E-state index contributed by atoms with van der Waals surface area (Å²) in [5.74, 6) is -0.933. The van der Waals surface area contributed by atoms with Gasteiger partial charge in [0.1, 0.15) is 5.60 Å². The highest BCUT2D eigenvalue weighted by atomic mass is 16.6. The minimum Gasteiger partial charge on any atom is -0.478 e. The molecule has 0 unspecified atom stereocenters. The van der Waals surface area contributed by atoms with Crippen molar-refractivity contribution in [2.45, 2.75) is 32.8 Å². The lowest BCUT2D eigenvalue weighted by Crippen LogP contribution is -2.39. The van der Waals surface area contributed by atoms with Crippen LogP contribution in [0.25, 0.3) is 0 Å². The molecule has 1 amide bonds. The molecule has 1 heterocycles. The maximum absolute atomic E-state index is 12.2. The van der Waals surface area contributed by atoms with E-state index in [9.17, 15) is 9.59 Å². The van der Waals surface area contributed by atoms with Crippen LogP contribution in [0.2, 0.25) is 0 Å². The van der Waals surface area contributed by atoms with E-state index in [1.165, 1.54) is 0 Å². The summed E-state index contributed by atoms with van der Waals surface area (Å²) in [6, 6.07) is 6.90. The second-order valence-electron chi connectivity index (χ2n) is 6.66. The Balaban J connectivity index is 2.02. The van der Waals surface area contributed by atoms with Crippen molar-refractivity contribution in [1.29, 1.82) is 0 Å². The molecule has 0 saturated carbocycles.